The molecule has 3 atom stereocenters. The molecule has 30 heavy (non-hydrogen) atoms. The second-order valence-corrected chi connectivity index (χ2v) is 8.61. The molecule has 0 radical (unpaired) electrons. The molecule has 1 aliphatic carbocycles. The van der Waals surface area contributed by atoms with Crippen LogP contribution in [0, 0.1) is 5.92 Å². The van der Waals surface area contributed by atoms with Gasteiger partial charge in [-0.15, -0.1) is 0 Å². The van der Waals surface area contributed by atoms with Crippen LogP contribution >= 0.6 is 0 Å². The number of rotatable bonds is 3. The van der Waals surface area contributed by atoms with Crippen molar-refractivity contribution in [1.29, 1.82) is 0 Å². The molecule has 0 spiro atoms. The van der Waals surface area contributed by atoms with Crippen LogP contribution in [0.1, 0.15) is 54.1 Å². The highest BCUT2D eigenvalue weighted by Crippen LogP contribution is 2.49. The molecule has 2 fully saturated rings. The summed E-state index contributed by atoms with van der Waals surface area (Å²) in [6.07, 6.45) is 6.86. The second-order valence-electron chi connectivity index (χ2n) is 8.61. The van der Waals surface area contributed by atoms with E-state index in [1.807, 2.05) is 35.2 Å². The van der Waals surface area contributed by atoms with Crippen molar-refractivity contribution in [3.63, 3.8) is 0 Å². The van der Waals surface area contributed by atoms with Crippen molar-refractivity contribution in [1.82, 2.24) is 9.88 Å². The van der Waals surface area contributed by atoms with Gasteiger partial charge in [0.25, 0.3) is 5.91 Å². The first-order valence-corrected chi connectivity index (χ1v) is 11.0. The van der Waals surface area contributed by atoms with Gasteiger partial charge in [-0.25, -0.2) is 0 Å². The highest BCUT2D eigenvalue weighted by atomic mass is 16.3. The van der Waals surface area contributed by atoms with Crippen LogP contribution < -0.4 is 4.90 Å². The van der Waals surface area contributed by atoms with E-state index in [-0.39, 0.29) is 42.3 Å². The van der Waals surface area contributed by atoms with Crippen LogP contribution in [0.3, 0.4) is 0 Å². The maximum Gasteiger partial charge on any atom is 0.276 e. The fourth-order valence-electron chi connectivity index (χ4n) is 5.57. The Kier molecular flexibility index (Phi) is 5.03. The van der Waals surface area contributed by atoms with Gasteiger partial charge in [0.15, 0.2) is 0 Å². The average Bonchev–Trinajstić information content (AvgIpc) is 2.80. The lowest BCUT2D eigenvalue weighted by Crippen LogP contribution is -2.71. The molecule has 1 saturated carbocycles. The fourth-order valence-corrected chi connectivity index (χ4v) is 5.57. The molecule has 0 unspecified atom stereocenters. The average molecular weight is 405 g/mol. The molecule has 2 aliphatic heterocycles. The second kappa shape index (κ2) is 7.84. The van der Waals surface area contributed by atoms with Crippen LogP contribution in [-0.4, -0.2) is 52.0 Å². The third-order valence-corrected chi connectivity index (χ3v) is 7.03. The highest BCUT2D eigenvalue weighted by Gasteiger charge is 2.56. The van der Waals surface area contributed by atoms with E-state index in [0.717, 1.165) is 36.9 Å². The Labute approximate surface area is 176 Å². The van der Waals surface area contributed by atoms with Gasteiger partial charge >= 0.3 is 0 Å². The highest BCUT2D eigenvalue weighted by molar-refractivity contribution is 6.06. The summed E-state index contributed by atoms with van der Waals surface area (Å²) >= 11 is 0. The van der Waals surface area contributed by atoms with E-state index >= 15 is 0 Å². The van der Waals surface area contributed by atoms with Crippen LogP contribution in [0.2, 0.25) is 0 Å². The minimum atomic E-state index is -0.210. The van der Waals surface area contributed by atoms with Crippen LogP contribution in [0.4, 0.5) is 5.69 Å². The predicted octanol–water partition coefficient (Wildman–Crippen LogP) is 2.98. The Morgan fingerprint density at radius 2 is 1.80 bits per heavy atom. The van der Waals surface area contributed by atoms with Gasteiger partial charge in [0.1, 0.15) is 5.69 Å². The smallest absolute Gasteiger partial charge is 0.276 e. The number of nitrogens with zero attached hydrogens (tertiary/aromatic N) is 3. The number of hydrogen-bond donors (Lipinski definition) is 1. The molecule has 1 aromatic carbocycles. The first-order chi connectivity index (χ1) is 14.7. The minimum absolute atomic E-state index is 0.0471. The van der Waals surface area contributed by atoms with Crippen molar-refractivity contribution >= 4 is 17.5 Å². The number of carbonyl (C=O) groups excluding carboxylic acids is 2. The molecule has 1 saturated heterocycles. The fraction of sp³-hybridized carbons (Fsp3) is 0.458. The van der Waals surface area contributed by atoms with Crippen molar-refractivity contribution < 1.29 is 14.7 Å². The number of benzene rings is 1. The molecule has 2 aromatic rings. The van der Waals surface area contributed by atoms with E-state index in [0.29, 0.717) is 12.2 Å². The molecule has 156 valence electrons. The maximum atomic E-state index is 13.4. The number of aliphatic hydroxyl groups excluding tert-OH is 1. The quantitative estimate of drug-likeness (QED) is 0.852. The number of carbonyl (C=O) groups is 2. The number of para-hydroxylation sites is 1. The third-order valence-electron chi connectivity index (χ3n) is 7.03. The van der Waals surface area contributed by atoms with Gasteiger partial charge < -0.3 is 14.9 Å². The van der Waals surface area contributed by atoms with Gasteiger partial charge in [0.2, 0.25) is 5.91 Å². The third kappa shape index (κ3) is 3.01. The molecular formula is C24H27N3O3. The molecule has 2 amide bonds. The van der Waals surface area contributed by atoms with Gasteiger partial charge in [-0.3, -0.25) is 14.6 Å². The normalized spacial score (nSPS) is 25.8. The number of pyridine rings is 1. The number of anilines is 1. The van der Waals surface area contributed by atoms with Crippen molar-refractivity contribution in [3.05, 3.63) is 59.9 Å². The zero-order chi connectivity index (χ0) is 20.7. The summed E-state index contributed by atoms with van der Waals surface area (Å²) in [5.41, 5.74) is 2.29. The van der Waals surface area contributed by atoms with Crippen molar-refractivity contribution in [2.24, 2.45) is 5.92 Å². The molecule has 6 heteroatoms. The number of amides is 2. The number of aromatic nitrogens is 1. The number of hydrogen-bond acceptors (Lipinski definition) is 4. The molecule has 1 aromatic heterocycles. The first kappa shape index (κ1) is 19.2. The summed E-state index contributed by atoms with van der Waals surface area (Å²) in [5, 5.41) is 10.1. The maximum absolute atomic E-state index is 13.4. The van der Waals surface area contributed by atoms with Crippen LogP contribution in [-0.2, 0) is 4.79 Å². The van der Waals surface area contributed by atoms with Crippen LogP contribution in [0.25, 0.3) is 0 Å². The Balaban J connectivity index is 1.49. The van der Waals surface area contributed by atoms with Gasteiger partial charge in [-0.2, -0.15) is 0 Å². The lowest BCUT2D eigenvalue weighted by Gasteiger charge is -2.59. The van der Waals surface area contributed by atoms with Gasteiger partial charge in [0, 0.05) is 30.3 Å². The van der Waals surface area contributed by atoms with E-state index in [1.165, 1.54) is 6.42 Å². The SMILES string of the molecule is O=C(c1ccccn1)N1C[C@H]2[C@@H](c3ccccc31)[C@H](CO)N2C(=O)C1CCCCC1. The zero-order valence-corrected chi connectivity index (χ0v) is 17.0. The van der Waals surface area contributed by atoms with E-state index in [4.69, 9.17) is 0 Å². The Morgan fingerprint density at radius 1 is 1.03 bits per heavy atom. The Morgan fingerprint density at radius 3 is 2.53 bits per heavy atom. The summed E-state index contributed by atoms with van der Waals surface area (Å²) in [5.74, 6) is 0.107. The van der Waals surface area contributed by atoms with Gasteiger partial charge in [-0.1, -0.05) is 43.5 Å². The number of fused-ring (bicyclic) bond motifs is 3. The van der Waals surface area contributed by atoms with Crippen LogP contribution in [0.15, 0.2) is 48.7 Å². The summed E-state index contributed by atoms with van der Waals surface area (Å²) in [4.78, 5) is 34.5. The summed E-state index contributed by atoms with van der Waals surface area (Å²) in [7, 11) is 0. The predicted molar refractivity (Wildman–Crippen MR) is 113 cm³/mol. The summed E-state index contributed by atoms with van der Waals surface area (Å²) in [6, 6.07) is 12.9. The molecule has 5 rings (SSSR count). The lowest BCUT2D eigenvalue weighted by molar-refractivity contribution is -0.156. The van der Waals surface area contributed by atoms with E-state index in [1.54, 1.807) is 23.2 Å². The molecule has 1 N–H and O–H groups in total. The van der Waals surface area contributed by atoms with Crippen molar-refractivity contribution in [2.45, 2.75) is 50.1 Å². The van der Waals surface area contributed by atoms with E-state index in [9.17, 15) is 14.7 Å². The van der Waals surface area contributed by atoms with Crippen LogP contribution in [0.5, 0.6) is 0 Å². The largest absolute Gasteiger partial charge is 0.394 e. The molecular weight excluding hydrogens is 378 g/mol. The zero-order valence-electron chi connectivity index (χ0n) is 17.0. The minimum Gasteiger partial charge on any atom is -0.394 e. The lowest BCUT2D eigenvalue weighted by atomic mass is 9.70. The van der Waals surface area contributed by atoms with Crippen molar-refractivity contribution in [2.75, 3.05) is 18.1 Å². The molecule has 0 bridgehead atoms. The monoisotopic (exact) mass is 405 g/mol. The Bertz CT molecular complexity index is 942. The summed E-state index contributed by atoms with van der Waals surface area (Å²) in [6.45, 7) is 0.383. The number of aliphatic hydroxyl groups is 1. The topological polar surface area (TPSA) is 73.7 Å². The summed E-state index contributed by atoms with van der Waals surface area (Å²) < 4.78 is 0. The Hall–Kier alpha value is -2.73. The molecule has 3 aliphatic rings. The van der Waals surface area contributed by atoms with Gasteiger partial charge in [0.05, 0.1) is 18.7 Å². The number of likely N-dealkylation sites (tertiary alicyclic amines) is 1. The van der Waals surface area contributed by atoms with E-state index in [2.05, 4.69) is 4.98 Å². The van der Waals surface area contributed by atoms with E-state index < -0.39 is 0 Å². The van der Waals surface area contributed by atoms with Crippen molar-refractivity contribution in [3.8, 4) is 0 Å². The standard InChI is InChI=1S/C24H27N3O3/c28-15-21-22-17-10-4-5-12-19(17)26(24(30)18-11-6-7-13-25-18)14-20(22)27(21)23(29)16-8-2-1-3-9-16/h4-7,10-13,16,20-22,28H,1-3,8-9,14-15H2/t20-,21-,22+/m0/s1. The molecule has 3 heterocycles. The molecule has 6 nitrogen and oxygen atoms in total. The first-order valence-electron chi connectivity index (χ1n) is 11.0. The van der Waals surface area contributed by atoms with Gasteiger partial charge in [-0.05, 0) is 36.6 Å².